The van der Waals surface area contributed by atoms with E-state index in [1.54, 1.807) is 17.0 Å². The molecule has 0 spiro atoms. The molecule has 0 unspecified atom stereocenters. The first-order valence-electron chi connectivity index (χ1n) is 8.26. The van der Waals surface area contributed by atoms with Gasteiger partial charge in [-0.2, -0.15) is 0 Å². The summed E-state index contributed by atoms with van der Waals surface area (Å²) in [5.74, 6) is 0.300. The Bertz CT molecular complexity index is 546. The maximum absolute atomic E-state index is 13.1. The molecule has 2 aliphatic heterocycles. The van der Waals surface area contributed by atoms with Crippen molar-refractivity contribution in [1.82, 2.24) is 14.7 Å². The number of likely N-dealkylation sites (N-methyl/N-ethyl adjacent to an activating group) is 1. The first-order valence-corrected chi connectivity index (χ1v) is 8.26. The highest BCUT2D eigenvalue weighted by Crippen LogP contribution is 2.20. The summed E-state index contributed by atoms with van der Waals surface area (Å²) in [5.41, 5.74) is 0. The van der Waals surface area contributed by atoms with E-state index in [9.17, 15) is 9.18 Å². The second-order valence-corrected chi connectivity index (χ2v) is 6.28. The number of urea groups is 1. The molecule has 0 N–H and O–H groups in total. The van der Waals surface area contributed by atoms with Gasteiger partial charge in [0.05, 0.1) is 0 Å². The Morgan fingerprint density at radius 1 is 1.22 bits per heavy atom. The Morgan fingerprint density at radius 3 is 2.65 bits per heavy atom. The van der Waals surface area contributed by atoms with Gasteiger partial charge < -0.3 is 14.5 Å². The third-order valence-corrected chi connectivity index (χ3v) is 4.72. The average molecular weight is 321 g/mol. The Labute approximate surface area is 136 Å². The Balaban J connectivity index is 1.39. The fourth-order valence-corrected chi connectivity index (χ4v) is 3.31. The summed E-state index contributed by atoms with van der Waals surface area (Å²) in [6, 6.07) is 6.77. The van der Waals surface area contributed by atoms with Crippen LogP contribution in [0.15, 0.2) is 24.3 Å². The summed E-state index contributed by atoms with van der Waals surface area (Å²) in [6.07, 6.45) is 2.03. The molecule has 0 radical (unpaired) electrons. The lowest BCUT2D eigenvalue weighted by Gasteiger charge is -2.36. The van der Waals surface area contributed by atoms with Crippen molar-refractivity contribution in [3.05, 3.63) is 30.1 Å². The highest BCUT2D eigenvalue weighted by molar-refractivity contribution is 5.76. The standard InChI is InChI=1S/C17H24FN3O2/c1-19-9-10-21(17(19)22)15-5-7-20(8-6-15)11-12-23-16-4-2-3-14(18)13-16/h2-4,13,15H,5-12H2,1H3. The minimum absolute atomic E-state index is 0.165. The van der Waals surface area contributed by atoms with Gasteiger partial charge in [0, 0.05) is 51.9 Å². The van der Waals surface area contributed by atoms with Crippen LogP contribution in [0.5, 0.6) is 5.75 Å². The van der Waals surface area contributed by atoms with E-state index in [1.807, 2.05) is 11.9 Å². The highest BCUT2D eigenvalue weighted by atomic mass is 19.1. The number of carbonyl (C=O) groups is 1. The number of halogens is 1. The van der Waals surface area contributed by atoms with Gasteiger partial charge in [0.15, 0.2) is 0 Å². The third-order valence-electron chi connectivity index (χ3n) is 4.72. The molecule has 2 fully saturated rings. The van der Waals surface area contributed by atoms with E-state index in [4.69, 9.17) is 4.74 Å². The molecule has 1 aromatic carbocycles. The Morgan fingerprint density at radius 2 is 2.00 bits per heavy atom. The lowest BCUT2D eigenvalue weighted by Crippen LogP contribution is -2.47. The molecule has 6 heteroatoms. The molecule has 2 saturated heterocycles. The molecule has 23 heavy (non-hydrogen) atoms. The van der Waals surface area contributed by atoms with Crippen LogP contribution >= 0.6 is 0 Å². The zero-order valence-corrected chi connectivity index (χ0v) is 13.6. The lowest BCUT2D eigenvalue weighted by molar-refractivity contribution is 0.120. The molecule has 0 aliphatic carbocycles. The quantitative estimate of drug-likeness (QED) is 0.833. The fourth-order valence-electron chi connectivity index (χ4n) is 3.31. The molecule has 2 aliphatic rings. The maximum Gasteiger partial charge on any atom is 0.320 e. The number of nitrogens with zero attached hydrogens (tertiary/aromatic N) is 3. The predicted molar refractivity (Wildman–Crippen MR) is 86.1 cm³/mol. The molecule has 0 atom stereocenters. The van der Waals surface area contributed by atoms with Gasteiger partial charge in [-0.1, -0.05) is 6.07 Å². The molecule has 5 nitrogen and oxygen atoms in total. The monoisotopic (exact) mass is 321 g/mol. The lowest BCUT2D eigenvalue weighted by atomic mass is 10.0. The molecular formula is C17H24FN3O2. The average Bonchev–Trinajstić information content (AvgIpc) is 2.88. The maximum atomic E-state index is 13.1. The van der Waals surface area contributed by atoms with E-state index in [0.29, 0.717) is 18.4 Å². The van der Waals surface area contributed by atoms with Crippen LogP contribution in [0.4, 0.5) is 9.18 Å². The second-order valence-electron chi connectivity index (χ2n) is 6.28. The predicted octanol–water partition coefficient (Wildman–Crippen LogP) is 2.04. The molecule has 1 aromatic rings. The fraction of sp³-hybridized carbons (Fsp3) is 0.588. The van der Waals surface area contributed by atoms with Gasteiger partial charge in [-0.25, -0.2) is 9.18 Å². The minimum atomic E-state index is -0.274. The van der Waals surface area contributed by atoms with E-state index in [1.165, 1.54) is 12.1 Å². The van der Waals surface area contributed by atoms with Crippen molar-refractivity contribution in [2.75, 3.05) is 46.4 Å². The molecule has 126 valence electrons. The van der Waals surface area contributed by atoms with Gasteiger partial charge in [-0.3, -0.25) is 4.90 Å². The van der Waals surface area contributed by atoms with E-state index < -0.39 is 0 Å². The highest BCUT2D eigenvalue weighted by Gasteiger charge is 2.33. The van der Waals surface area contributed by atoms with Gasteiger partial charge in [0.25, 0.3) is 0 Å². The molecule has 2 heterocycles. The molecule has 0 bridgehead atoms. The van der Waals surface area contributed by atoms with Crippen LogP contribution < -0.4 is 4.74 Å². The number of piperidine rings is 1. The largest absolute Gasteiger partial charge is 0.492 e. The summed E-state index contributed by atoms with van der Waals surface area (Å²) in [7, 11) is 1.86. The normalized spacial score (nSPS) is 20.3. The Hall–Kier alpha value is -1.82. The van der Waals surface area contributed by atoms with Crippen molar-refractivity contribution in [3.8, 4) is 5.75 Å². The number of benzene rings is 1. The van der Waals surface area contributed by atoms with Crippen LogP contribution in [0.1, 0.15) is 12.8 Å². The zero-order valence-electron chi connectivity index (χ0n) is 13.6. The van der Waals surface area contributed by atoms with E-state index >= 15 is 0 Å². The molecular weight excluding hydrogens is 297 g/mol. The van der Waals surface area contributed by atoms with Gasteiger partial charge in [0.1, 0.15) is 18.2 Å². The van der Waals surface area contributed by atoms with Gasteiger partial charge in [-0.15, -0.1) is 0 Å². The van der Waals surface area contributed by atoms with Crippen molar-refractivity contribution in [3.63, 3.8) is 0 Å². The third kappa shape index (κ3) is 3.93. The summed E-state index contributed by atoms with van der Waals surface area (Å²) in [5, 5.41) is 0. The van der Waals surface area contributed by atoms with Crippen LogP contribution in [-0.2, 0) is 0 Å². The summed E-state index contributed by atoms with van der Waals surface area (Å²) < 4.78 is 18.7. The van der Waals surface area contributed by atoms with Crippen molar-refractivity contribution in [2.24, 2.45) is 0 Å². The van der Waals surface area contributed by atoms with E-state index in [-0.39, 0.29) is 11.8 Å². The Kier molecular flexibility index (Phi) is 5.00. The van der Waals surface area contributed by atoms with Crippen LogP contribution in [0.25, 0.3) is 0 Å². The van der Waals surface area contributed by atoms with Crippen molar-refractivity contribution in [1.29, 1.82) is 0 Å². The molecule has 0 aromatic heterocycles. The number of hydrogen-bond acceptors (Lipinski definition) is 3. The second kappa shape index (κ2) is 7.17. The summed E-state index contributed by atoms with van der Waals surface area (Å²) >= 11 is 0. The molecule has 2 amide bonds. The van der Waals surface area contributed by atoms with Gasteiger partial charge >= 0.3 is 6.03 Å². The smallest absolute Gasteiger partial charge is 0.320 e. The first kappa shape index (κ1) is 16.1. The van der Waals surface area contributed by atoms with Crippen LogP contribution in [0.2, 0.25) is 0 Å². The van der Waals surface area contributed by atoms with E-state index in [2.05, 4.69) is 4.90 Å². The number of ether oxygens (including phenoxy) is 1. The first-order chi connectivity index (χ1) is 11.1. The van der Waals surface area contributed by atoms with Crippen LogP contribution in [-0.4, -0.2) is 73.2 Å². The molecule has 0 saturated carbocycles. The van der Waals surface area contributed by atoms with Crippen LogP contribution in [0, 0.1) is 5.82 Å². The zero-order chi connectivity index (χ0) is 16.2. The number of hydrogen-bond donors (Lipinski definition) is 0. The van der Waals surface area contributed by atoms with Gasteiger partial charge in [0.2, 0.25) is 0 Å². The summed E-state index contributed by atoms with van der Waals surface area (Å²) in [4.78, 5) is 18.2. The van der Waals surface area contributed by atoms with Crippen molar-refractivity contribution < 1.29 is 13.9 Å². The number of likely N-dealkylation sites (tertiary alicyclic amines) is 1. The topological polar surface area (TPSA) is 36.0 Å². The number of rotatable bonds is 5. The number of carbonyl (C=O) groups excluding carboxylic acids is 1. The summed E-state index contributed by atoms with van der Waals surface area (Å²) in [6.45, 7) is 5.02. The van der Waals surface area contributed by atoms with Crippen molar-refractivity contribution >= 4 is 6.03 Å². The van der Waals surface area contributed by atoms with Crippen LogP contribution in [0.3, 0.4) is 0 Å². The minimum Gasteiger partial charge on any atom is -0.492 e. The number of amides is 2. The molecule has 3 rings (SSSR count). The SMILES string of the molecule is CN1CCN(C2CCN(CCOc3cccc(F)c3)CC2)C1=O. The van der Waals surface area contributed by atoms with E-state index in [0.717, 1.165) is 45.6 Å². The van der Waals surface area contributed by atoms with Crippen molar-refractivity contribution in [2.45, 2.75) is 18.9 Å². The van der Waals surface area contributed by atoms with Gasteiger partial charge in [-0.05, 0) is 25.0 Å².